The van der Waals surface area contributed by atoms with Crippen molar-refractivity contribution in [3.63, 3.8) is 0 Å². The molecule has 0 aromatic carbocycles. The molecule has 0 radical (unpaired) electrons. The van der Waals surface area contributed by atoms with Gasteiger partial charge < -0.3 is 15.2 Å². The highest BCUT2D eigenvalue weighted by Gasteiger charge is 2.20. The van der Waals surface area contributed by atoms with E-state index in [1.807, 2.05) is 0 Å². The summed E-state index contributed by atoms with van der Waals surface area (Å²) >= 11 is 0. The Balaban J connectivity index is 2.86. The second-order valence-corrected chi connectivity index (χ2v) is 4.65. The molecule has 1 heterocycles. The maximum absolute atomic E-state index is 11.5. The second-order valence-electron chi connectivity index (χ2n) is 4.65. The standard InChI is InChI=1S/C11H17N3O3/c1-6-8(7(2)14-9(12)13-6)16-10(15)17-11(3,4)5/h1-5H3,(H2,12,13,14). The van der Waals surface area contributed by atoms with Gasteiger partial charge in [0, 0.05) is 0 Å². The van der Waals surface area contributed by atoms with E-state index in [1.54, 1.807) is 34.6 Å². The van der Waals surface area contributed by atoms with Crippen LogP contribution in [0.15, 0.2) is 0 Å². The number of nitrogens with two attached hydrogens (primary N) is 1. The molecule has 0 fully saturated rings. The summed E-state index contributed by atoms with van der Waals surface area (Å²) in [6.45, 7) is 8.64. The molecule has 6 nitrogen and oxygen atoms in total. The third-order valence-corrected chi connectivity index (χ3v) is 1.80. The Kier molecular flexibility index (Phi) is 3.55. The third-order valence-electron chi connectivity index (χ3n) is 1.80. The van der Waals surface area contributed by atoms with E-state index in [9.17, 15) is 4.79 Å². The minimum atomic E-state index is -0.780. The molecule has 0 spiro atoms. The Morgan fingerprint density at radius 3 is 2.06 bits per heavy atom. The number of carbonyl (C=O) groups excluding carboxylic acids is 1. The number of anilines is 1. The topological polar surface area (TPSA) is 87.3 Å². The lowest BCUT2D eigenvalue weighted by Gasteiger charge is -2.19. The van der Waals surface area contributed by atoms with Gasteiger partial charge in [-0.2, -0.15) is 0 Å². The van der Waals surface area contributed by atoms with Crippen molar-refractivity contribution in [1.82, 2.24) is 9.97 Å². The summed E-state index contributed by atoms with van der Waals surface area (Å²) in [6.07, 6.45) is -0.780. The first-order valence-corrected chi connectivity index (χ1v) is 5.20. The second kappa shape index (κ2) is 4.57. The van der Waals surface area contributed by atoms with Gasteiger partial charge in [0.1, 0.15) is 5.60 Å². The summed E-state index contributed by atoms with van der Waals surface area (Å²) in [6, 6.07) is 0. The average molecular weight is 239 g/mol. The number of hydrogen-bond donors (Lipinski definition) is 1. The smallest absolute Gasteiger partial charge is 0.428 e. The summed E-state index contributed by atoms with van der Waals surface area (Å²) in [5, 5.41) is 0. The van der Waals surface area contributed by atoms with Gasteiger partial charge in [0.2, 0.25) is 5.95 Å². The Morgan fingerprint density at radius 1 is 1.18 bits per heavy atom. The fourth-order valence-corrected chi connectivity index (χ4v) is 1.23. The van der Waals surface area contributed by atoms with Gasteiger partial charge in [-0.1, -0.05) is 0 Å². The van der Waals surface area contributed by atoms with Crippen LogP contribution in [0.5, 0.6) is 5.75 Å². The van der Waals surface area contributed by atoms with Crippen LogP contribution >= 0.6 is 0 Å². The molecule has 0 unspecified atom stereocenters. The lowest BCUT2D eigenvalue weighted by atomic mass is 10.2. The first-order valence-electron chi connectivity index (χ1n) is 5.20. The van der Waals surface area contributed by atoms with Crippen molar-refractivity contribution >= 4 is 12.1 Å². The first kappa shape index (κ1) is 13.2. The average Bonchev–Trinajstić information content (AvgIpc) is 2.08. The predicted octanol–water partition coefficient (Wildman–Crippen LogP) is 1.99. The summed E-state index contributed by atoms with van der Waals surface area (Å²) in [5.74, 6) is 0.435. The molecule has 0 amide bonds. The molecular formula is C11H17N3O3. The van der Waals surface area contributed by atoms with Crippen LogP contribution in [0.25, 0.3) is 0 Å². The Hall–Kier alpha value is -1.85. The highest BCUT2D eigenvalue weighted by atomic mass is 16.7. The van der Waals surface area contributed by atoms with Crippen LogP contribution in [0.2, 0.25) is 0 Å². The molecule has 0 aliphatic rings. The molecule has 0 atom stereocenters. The number of rotatable bonds is 1. The molecule has 1 aromatic heterocycles. The number of aryl methyl sites for hydroxylation is 2. The van der Waals surface area contributed by atoms with Gasteiger partial charge in [0.05, 0.1) is 11.4 Å². The molecule has 94 valence electrons. The fourth-order valence-electron chi connectivity index (χ4n) is 1.23. The predicted molar refractivity (Wildman–Crippen MR) is 62.8 cm³/mol. The maximum Gasteiger partial charge on any atom is 0.514 e. The molecule has 2 N–H and O–H groups in total. The number of aromatic nitrogens is 2. The van der Waals surface area contributed by atoms with Gasteiger partial charge in [0.25, 0.3) is 0 Å². The number of hydrogen-bond acceptors (Lipinski definition) is 6. The van der Waals surface area contributed by atoms with E-state index in [-0.39, 0.29) is 11.7 Å². The molecule has 0 aliphatic heterocycles. The zero-order chi connectivity index (χ0) is 13.2. The van der Waals surface area contributed by atoms with Crippen LogP contribution in [-0.2, 0) is 4.74 Å². The quantitative estimate of drug-likeness (QED) is 0.754. The van der Waals surface area contributed by atoms with Gasteiger partial charge in [-0.25, -0.2) is 14.8 Å². The summed E-state index contributed by atoms with van der Waals surface area (Å²) in [4.78, 5) is 19.3. The highest BCUT2D eigenvalue weighted by Crippen LogP contribution is 2.21. The van der Waals surface area contributed by atoms with Crippen LogP contribution in [0.4, 0.5) is 10.7 Å². The molecule has 17 heavy (non-hydrogen) atoms. The van der Waals surface area contributed by atoms with Crippen LogP contribution < -0.4 is 10.5 Å². The SMILES string of the molecule is Cc1nc(N)nc(C)c1OC(=O)OC(C)(C)C. The molecule has 6 heteroatoms. The van der Waals surface area contributed by atoms with E-state index in [2.05, 4.69) is 9.97 Å². The van der Waals surface area contributed by atoms with Gasteiger partial charge in [-0.05, 0) is 34.6 Å². The largest absolute Gasteiger partial charge is 0.514 e. The Morgan fingerprint density at radius 2 is 1.65 bits per heavy atom. The lowest BCUT2D eigenvalue weighted by molar-refractivity contribution is 0.0201. The third kappa shape index (κ3) is 3.90. The normalized spacial score (nSPS) is 11.1. The van der Waals surface area contributed by atoms with E-state index in [1.165, 1.54) is 0 Å². The van der Waals surface area contributed by atoms with E-state index in [4.69, 9.17) is 15.2 Å². The van der Waals surface area contributed by atoms with Crippen molar-refractivity contribution < 1.29 is 14.3 Å². The number of nitrogens with zero attached hydrogens (tertiary/aromatic N) is 2. The lowest BCUT2D eigenvalue weighted by Crippen LogP contribution is -2.26. The van der Waals surface area contributed by atoms with Gasteiger partial charge >= 0.3 is 6.16 Å². The van der Waals surface area contributed by atoms with Crippen molar-refractivity contribution in [2.75, 3.05) is 5.73 Å². The van der Waals surface area contributed by atoms with Crippen LogP contribution in [-0.4, -0.2) is 21.7 Å². The fraction of sp³-hybridized carbons (Fsp3) is 0.545. The van der Waals surface area contributed by atoms with Gasteiger partial charge in [-0.15, -0.1) is 0 Å². The van der Waals surface area contributed by atoms with Crippen molar-refractivity contribution in [1.29, 1.82) is 0 Å². The van der Waals surface area contributed by atoms with Gasteiger partial charge in [-0.3, -0.25) is 0 Å². The maximum atomic E-state index is 11.5. The zero-order valence-corrected chi connectivity index (χ0v) is 10.7. The van der Waals surface area contributed by atoms with E-state index >= 15 is 0 Å². The summed E-state index contributed by atoms with van der Waals surface area (Å²) in [7, 11) is 0. The molecule has 0 bridgehead atoms. The van der Waals surface area contributed by atoms with Crippen LogP contribution in [0.1, 0.15) is 32.2 Å². The monoisotopic (exact) mass is 239 g/mol. The number of nitrogen functional groups attached to an aromatic ring is 1. The summed E-state index contributed by atoms with van der Waals surface area (Å²) < 4.78 is 10.1. The molecular weight excluding hydrogens is 222 g/mol. The zero-order valence-electron chi connectivity index (χ0n) is 10.7. The van der Waals surface area contributed by atoms with Crippen molar-refractivity contribution in [3.05, 3.63) is 11.4 Å². The molecule has 0 saturated heterocycles. The van der Waals surface area contributed by atoms with Crippen molar-refractivity contribution in [2.45, 2.75) is 40.2 Å². The van der Waals surface area contributed by atoms with E-state index < -0.39 is 11.8 Å². The van der Waals surface area contributed by atoms with Crippen LogP contribution in [0.3, 0.4) is 0 Å². The van der Waals surface area contributed by atoms with E-state index in [0.717, 1.165) is 0 Å². The first-order chi connectivity index (χ1) is 7.69. The number of ether oxygens (including phenoxy) is 2. The molecule has 1 rings (SSSR count). The van der Waals surface area contributed by atoms with Gasteiger partial charge in [0.15, 0.2) is 5.75 Å². The minimum absolute atomic E-state index is 0.150. The molecule has 1 aromatic rings. The molecule has 0 aliphatic carbocycles. The van der Waals surface area contributed by atoms with Crippen molar-refractivity contribution in [2.24, 2.45) is 0 Å². The Labute approximate surface area is 100 Å². The minimum Gasteiger partial charge on any atom is -0.428 e. The summed E-state index contributed by atoms with van der Waals surface area (Å²) in [5.41, 5.74) is 5.86. The Bertz CT molecular complexity index is 415. The van der Waals surface area contributed by atoms with Crippen LogP contribution in [0, 0.1) is 13.8 Å². The van der Waals surface area contributed by atoms with Crippen molar-refractivity contribution in [3.8, 4) is 5.75 Å². The number of carbonyl (C=O) groups is 1. The highest BCUT2D eigenvalue weighted by molar-refractivity contribution is 5.65. The molecule has 0 saturated carbocycles. The van der Waals surface area contributed by atoms with E-state index in [0.29, 0.717) is 11.4 Å².